The van der Waals surface area contributed by atoms with E-state index in [1.54, 1.807) is 18.2 Å². The summed E-state index contributed by atoms with van der Waals surface area (Å²) in [6.45, 7) is 3.93. The number of nitrogens with two attached hydrogens (primary N) is 1. The number of amides is 2. The third-order valence-corrected chi connectivity index (χ3v) is 3.51. The summed E-state index contributed by atoms with van der Waals surface area (Å²) >= 11 is 0. The molecule has 2 amide bonds. The molecule has 1 aromatic rings. The summed E-state index contributed by atoms with van der Waals surface area (Å²) in [7, 11) is 0. The first-order chi connectivity index (χ1) is 9.08. The third kappa shape index (κ3) is 3.95. The number of primary amides is 1. The summed E-state index contributed by atoms with van der Waals surface area (Å²) in [6, 6.07) is 6.66. The van der Waals surface area contributed by atoms with Crippen LogP contribution in [-0.4, -0.2) is 30.9 Å². The Labute approximate surface area is 124 Å². The average Bonchev–Trinajstić information content (AvgIpc) is 2.41. The highest BCUT2D eigenvalue weighted by molar-refractivity contribution is 5.99. The first-order valence-electron chi connectivity index (χ1n) is 6.49. The van der Waals surface area contributed by atoms with E-state index in [1.165, 1.54) is 6.07 Å². The number of carbonyl (C=O) groups is 2. The Hall–Kier alpha value is -1.59. The number of hydrogen-bond donors (Lipinski definition) is 3. The number of carbonyl (C=O) groups excluding carboxylic acids is 2. The number of benzene rings is 1. The standard InChI is InChI=1S/C14H19N3O2.ClH/c1-9-8-16-6-5-12(9)17-14(19)11-4-2-3-10(7-11)13(15)18;/h2-4,7,9,12,16H,5-6,8H2,1H3,(H2,15,18)(H,17,19);1H. The molecule has 5 nitrogen and oxygen atoms in total. The second kappa shape index (κ2) is 7.26. The van der Waals surface area contributed by atoms with Gasteiger partial charge in [0.2, 0.25) is 5.91 Å². The van der Waals surface area contributed by atoms with Crippen molar-refractivity contribution in [1.29, 1.82) is 0 Å². The smallest absolute Gasteiger partial charge is 0.251 e. The summed E-state index contributed by atoms with van der Waals surface area (Å²) in [5.41, 5.74) is 6.04. The van der Waals surface area contributed by atoms with Crippen LogP contribution in [0.15, 0.2) is 24.3 Å². The Morgan fingerprint density at radius 2 is 2.05 bits per heavy atom. The summed E-state index contributed by atoms with van der Waals surface area (Å²) in [5, 5.41) is 6.31. The Morgan fingerprint density at radius 3 is 2.70 bits per heavy atom. The molecule has 20 heavy (non-hydrogen) atoms. The SMILES string of the molecule is CC1CNCCC1NC(=O)c1cccc(C(N)=O)c1.Cl. The van der Waals surface area contributed by atoms with Crippen molar-refractivity contribution in [2.45, 2.75) is 19.4 Å². The van der Waals surface area contributed by atoms with Gasteiger partial charge in [0.1, 0.15) is 0 Å². The average molecular weight is 298 g/mol. The fourth-order valence-corrected chi connectivity index (χ4v) is 2.29. The molecular weight excluding hydrogens is 278 g/mol. The lowest BCUT2D eigenvalue weighted by molar-refractivity contribution is 0.0914. The molecule has 6 heteroatoms. The molecule has 1 aromatic carbocycles. The van der Waals surface area contributed by atoms with Crippen LogP contribution >= 0.6 is 12.4 Å². The zero-order valence-corrected chi connectivity index (χ0v) is 12.2. The van der Waals surface area contributed by atoms with Gasteiger partial charge < -0.3 is 16.4 Å². The van der Waals surface area contributed by atoms with Crippen molar-refractivity contribution in [3.8, 4) is 0 Å². The van der Waals surface area contributed by atoms with Gasteiger partial charge in [0.15, 0.2) is 0 Å². The second-order valence-electron chi connectivity index (χ2n) is 5.00. The Morgan fingerprint density at radius 1 is 1.35 bits per heavy atom. The first kappa shape index (κ1) is 16.5. The minimum atomic E-state index is -0.523. The number of piperidine rings is 1. The third-order valence-electron chi connectivity index (χ3n) is 3.51. The highest BCUT2D eigenvalue weighted by atomic mass is 35.5. The van der Waals surface area contributed by atoms with Crippen LogP contribution in [0, 0.1) is 5.92 Å². The van der Waals surface area contributed by atoms with Crippen LogP contribution < -0.4 is 16.4 Å². The Balaban J connectivity index is 0.00000200. The molecule has 1 aliphatic heterocycles. The van der Waals surface area contributed by atoms with Gasteiger partial charge in [-0.05, 0) is 43.6 Å². The molecule has 110 valence electrons. The lowest BCUT2D eigenvalue weighted by Gasteiger charge is -2.30. The minimum absolute atomic E-state index is 0. The van der Waals surface area contributed by atoms with E-state index in [4.69, 9.17) is 5.73 Å². The monoisotopic (exact) mass is 297 g/mol. The van der Waals surface area contributed by atoms with Gasteiger partial charge in [0, 0.05) is 17.2 Å². The molecule has 0 aliphatic carbocycles. The molecule has 0 radical (unpaired) electrons. The van der Waals surface area contributed by atoms with Crippen molar-refractivity contribution in [2.24, 2.45) is 11.7 Å². The van der Waals surface area contributed by atoms with E-state index in [9.17, 15) is 9.59 Å². The molecule has 0 spiro atoms. The fourth-order valence-electron chi connectivity index (χ4n) is 2.29. The first-order valence-corrected chi connectivity index (χ1v) is 6.49. The minimum Gasteiger partial charge on any atom is -0.366 e. The molecule has 2 atom stereocenters. The van der Waals surface area contributed by atoms with Gasteiger partial charge in [0.25, 0.3) is 5.91 Å². The van der Waals surface area contributed by atoms with E-state index in [0.717, 1.165) is 19.5 Å². The van der Waals surface area contributed by atoms with E-state index < -0.39 is 5.91 Å². The lowest BCUT2D eigenvalue weighted by atomic mass is 9.95. The highest BCUT2D eigenvalue weighted by Crippen LogP contribution is 2.12. The molecule has 2 rings (SSSR count). The Kier molecular flexibility index (Phi) is 5.98. The topological polar surface area (TPSA) is 84.2 Å². The van der Waals surface area contributed by atoms with Gasteiger partial charge >= 0.3 is 0 Å². The van der Waals surface area contributed by atoms with Gasteiger partial charge in [-0.25, -0.2) is 0 Å². The van der Waals surface area contributed by atoms with Crippen LogP contribution in [0.1, 0.15) is 34.1 Å². The highest BCUT2D eigenvalue weighted by Gasteiger charge is 2.23. The van der Waals surface area contributed by atoms with Crippen molar-refractivity contribution in [3.05, 3.63) is 35.4 Å². The Bertz CT molecular complexity index is 493. The van der Waals surface area contributed by atoms with E-state index in [0.29, 0.717) is 17.0 Å². The molecule has 0 saturated carbocycles. The van der Waals surface area contributed by atoms with Crippen molar-refractivity contribution in [3.63, 3.8) is 0 Å². The predicted molar refractivity (Wildman–Crippen MR) is 80.1 cm³/mol. The van der Waals surface area contributed by atoms with Crippen LogP contribution in [0.2, 0.25) is 0 Å². The van der Waals surface area contributed by atoms with Crippen LogP contribution in [0.3, 0.4) is 0 Å². The molecular formula is C14H20ClN3O2. The van der Waals surface area contributed by atoms with E-state index in [2.05, 4.69) is 17.6 Å². The van der Waals surface area contributed by atoms with Gasteiger partial charge in [0.05, 0.1) is 0 Å². The normalized spacial score (nSPS) is 21.6. The van der Waals surface area contributed by atoms with Gasteiger partial charge in [-0.15, -0.1) is 12.4 Å². The molecule has 1 fully saturated rings. The van der Waals surface area contributed by atoms with Crippen molar-refractivity contribution < 1.29 is 9.59 Å². The summed E-state index contributed by atoms with van der Waals surface area (Å²) < 4.78 is 0. The second-order valence-corrected chi connectivity index (χ2v) is 5.00. The maximum absolute atomic E-state index is 12.1. The van der Waals surface area contributed by atoms with Crippen molar-refractivity contribution >= 4 is 24.2 Å². The molecule has 2 unspecified atom stereocenters. The summed E-state index contributed by atoms with van der Waals surface area (Å²) in [4.78, 5) is 23.2. The van der Waals surface area contributed by atoms with Crippen LogP contribution in [-0.2, 0) is 0 Å². The maximum atomic E-state index is 12.1. The van der Waals surface area contributed by atoms with E-state index in [1.807, 2.05) is 0 Å². The molecule has 0 bridgehead atoms. The molecule has 4 N–H and O–H groups in total. The van der Waals surface area contributed by atoms with Crippen LogP contribution in [0.25, 0.3) is 0 Å². The van der Waals surface area contributed by atoms with Crippen molar-refractivity contribution in [1.82, 2.24) is 10.6 Å². The largest absolute Gasteiger partial charge is 0.366 e. The van der Waals surface area contributed by atoms with Gasteiger partial charge in [-0.1, -0.05) is 13.0 Å². The van der Waals surface area contributed by atoms with E-state index >= 15 is 0 Å². The number of hydrogen-bond acceptors (Lipinski definition) is 3. The lowest BCUT2D eigenvalue weighted by Crippen LogP contribution is -2.48. The molecule has 1 saturated heterocycles. The number of rotatable bonds is 3. The maximum Gasteiger partial charge on any atom is 0.251 e. The van der Waals surface area contributed by atoms with Gasteiger partial charge in [-0.2, -0.15) is 0 Å². The molecule has 0 aromatic heterocycles. The summed E-state index contributed by atoms with van der Waals surface area (Å²) in [5.74, 6) is -0.274. The van der Waals surface area contributed by atoms with Crippen LogP contribution in [0.4, 0.5) is 0 Å². The zero-order chi connectivity index (χ0) is 13.8. The van der Waals surface area contributed by atoms with E-state index in [-0.39, 0.29) is 24.4 Å². The van der Waals surface area contributed by atoms with Gasteiger partial charge in [-0.3, -0.25) is 9.59 Å². The number of nitrogens with one attached hydrogen (secondary N) is 2. The predicted octanol–water partition coefficient (Wildman–Crippen LogP) is 0.935. The quantitative estimate of drug-likeness (QED) is 0.776. The van der Waals surface area contributed by atoms with Crippen LogP contribution in [0.5, 0.6) is 0 Å². The fraction of sp³-hybridized carbons (Fsp3) is 0.429. The number of halogens is 1. The zero-order valence-electron chi connectivity index (χ0n) is 11.4. The molecule has 1 heterocycles. The molecule has 1 aliphatic rings. The van der Waals surface area contributed by atoms with Crippen molar-refractivity contribution in [2.75, 3.05) is 13.1 Å². The summed E-state index contributed by atoms with van der Waals surface area (Å²) in [6.07, 6.45) is 0.919.